The molecule has 0 saturated heterocycles. The Kier molecular flexibility index (Phi) is 3.99. The second-order valence-electron chi connectivity index (χ2n) is 2.96. The number of carbonyl (C=O) groups is 2. The van der Waals surface area contributed by atoms with Crippen molar-refractivity contribution in [3.63, 3.8) is 0 Å². The first-order valence-corrected chi connectivity index (χ1v) is 5.11. The van der Waals surface area contributed by atoms with Crippen LogP contribution in [0.2, 0.25) is 0 Å². The maximum absolute atomic E-state index is 10.9. The average molecular weight is 246 g/mol. The first-order chi connectivity index (χ1) is 7.47. The van der Waals surface area contributed by atoms with Gasteiger partial charge in [0.1, 0.15) is 11.0 Å². The summed E-state index contributed by atoms with van der Waals surface area (Å²) in [7, 11) is 1.08. The predicted molar refractivity (Wildman–Crippen MR) is 54.3 cm³/mol. The Morgan fingerprint density at radius 2 is 2.06 bits per heavy atom. The molecule has 3 N–H and O–H groups in total. The number of thiophene rings is 1. The molecule has 0 aromatic carbocycles. The third-order valence-corrected chi connectivity index (χ3v) is 2.85. The first kappa shape index (κ1) is 12.6. The number of methoxy groups -OCH3 is 1. The monoisotopic (exact) mass is 246 g/mol. The van der Waals surface area contributed by atoms with Gasteiger partial charge >= 0.3 is 11.9 Å². The van der Waals surface area contributed by atoms with Crippen molar-refractivity contribution >= 4 is 23.3 Å². The van der Waals surface area contributed by atoms with Gasteiger partial charge in [-0.3, -0.25) is 0 Å². The lowest BCUT2D eigenvalue weighted by molar-refractivity contribution is -0.156. The highest BCUT2D eigenvalue weighted by atomic mass is 32.1. The fraction of sp³-hybridized carbons (Fsp3) is 0.333. The zero-order chi connectivity index (χ0) is 12.3. The Morgan fingerprint density at radius 1 is 1.44 bits per heavy atom. The van der Waals surface area contributed by atoms with Crippen LogP contribution in [0.4, 0.5) is 0 Å². The molecular formula is C9H10O6S. The van der Waals surface area contributed by atoms with Gasteiger partial charge in [0.2, 0.25) is 0 Å². The van der Waals surface area contributed by atoms with E-state index in [0.717, 1.165) is 18.4 Å². The summed E-state index contributed by atoms with van der Waals surface area (Å²) < 4.78 is 4.25. The number of carboxylic acids is 1. The largest absolute Gasteiger partial charge is 0.477 e. The summed E-state index contributed by atoms with van der Waals surface area (Å²) in [6, 6.07) is 1.20. The van der Waals surface area contributed by atoms with Gasteiger partial charge in [-0.05, 0) is 17.0 Å². The van der Waals surface area contributed by atoms with Crippen LogP contribution in [-0.4, -0.2) is 40.5 Å². The molecule has 7 heteroatoms. The topological polar surface area (TPSA) is 104 Å². The molecule has 1 rings (SSSR count). The lowest BCUT2D eigenvalue weighted by Gasteiger charge is -2.13. The minimum Gasteiger partial charge on any atom is -0.477 e. The lowest BCUT2D eigenvalue weighted by Crippen LogP contribution is -2.28. The fourth-order valence-corrected chi connectivity index (χ4v) is 1.83. The number of hydrogen-bond acceptors (Lipinski definition) is 6. The Labute approximate surface area is 94.7 Å². The number of esters is 1. The van der Waals surface area contributed by atoms with Gasteiger partial charge in [0.15, 0.2) is 6.10 Å². The number of rotatable bonds is 4. The molecule has 2 unspecified atom stereocenters. The van der Waals surface area contributed by atoms with Crippen molar-refractivity contribution in [3.05, 3.63) is 21.9 Å². The molecule has 1 heterocycles. The molecular weight excluding hydrogens is 236 g/mol. The van der Waals surface area contributed by atoms with Crippen molar-refractivity contribution in [1.82, 2.24) is 0 Å². The standard InChI is InChI=1S/C9H10O6S/c1-15-9(14)7(11)6(10)4-2-5(8(12)13)16-3-4/h2-3,6-7,10-11H,1H3,(H,12,13). The van der Waals surface area contributed by atoms with E-state index in [1.165, 1.54) is 11.4 Å². The Hall–Kier alpha value is -1.44. The summed E-state index contributed by atoms with van der Waals surface area (Å²) in [5.41, 5.74) is 0.167. The van der Waals surface area contributed by atoms with Crippen LogP contribution in [0.3, 0.4) is 0 Å². The van der Waals surface area contributed by atoms with E-state index in [4.69, 9.17) is 5.11 Å². The highest BCUT2D eigenvalue weighted by Gasteiger charge is 2.27. The molecule has 0 saturated carbocycles. The highest BCUT2D eigenvalue weighted by Crippen LogP contribution is 2.23. The molecule has 0 aliphatic heterocycles. The quantitative estimate of drug-likeness (QED) is 0.647. The predicted octanol–water partition coefficient (Wildman–Crippen LogP) is 0.0136. The number of aromatic carboxylic acids is 1. The summed E-state index contributed by atoms with van der Waals surface area (Å²) in [5, 5.41) is 28.9. The maximum Gasteiger partial charge on any atom is 0.345 e. The normalized spacial score (nSPS) is 14.2. The van der Waals surface area contributed by atoms with E-state index in [1.54, 1.807) is 0 Å². The number of carboxylic acid groups (broad SMARTS) is 1. The van der Waals surface area contributed by atoms with Crippen LogP contribution in [-0.2, 0) is 9.53 Å². The van der Waals surface area contributed by atoms with Crippen LogP contribution in [0.5, 0.6) is 0 Å². The van der Waals surface area contributed by atoms with Crippen molar-refractivity contribution in [2.45, 2.75) is 12.2 Å². The van der Waals surface area contributed by atoms with Crippen molar-refractivity contribution < 1.29 is 29.6 Å². The van der Waals surface area contributed by atoms with Gasteiger partial charge in [-0.2, -0.15) is 0 Å². The molecule has 0 radical (unpaired) electrons. The van der Waals surface area contributed by atoms with Gasteiger partial charge in [-0.1, -0.05) is 0 Å². The summed E-state index contributed by atoms with van der Waals surface area (Å²) in [4.78, 5) is 21.5. The number of aliphatic hydroxyl groups excluding tert-OH is 2. The average Bonchev–Trinajstić information content (AvgIpc) is 2.75. The van der Waals surface area contributed by atoms with Crippen LogP contribution in [0.25, 0.3) is 0 Å². The van der Waals surface area contributed by atoms with Gasteiger partial charge in [0.05, 0.1) is 7.11 Å². The van der Waals surface area contributed by atoms with Crippen LogP contribution in [0.1, 0.15) is 21.3 Å². The van der Waals surface area contributed by atoms with Crippen molar-refractivity contribution in [2.24, 2.45) is 0 Å². The zero-order valence-electron chi connectivity index (χ0n) is 8.28. The Morgan fingerprint density at radius 3 is 2.50 bits per heavy atom. The number of hydrogen-bond donors (Lipinski definition) is 3. The van der Waals surface area contributed by atoms with E-state index in [2.05, 4.69) is 4.74 Å². The molecule has 6 nitrogen and oxygen atoms in total. The SMILES string of the molecule is COC(=O)C(O)C(O)c1csc(C(=O)O)c1. The molecule has 0 bridgehead atoms. The zero-order valence-corrected chi connectivity index (χ0v) is 9.10. The van der Waals surface area contributed by atoms with Crippen LogP contribution in [0, 0.1) is 0 Å². The highest BCUT2D eigenvalue weighted by molar-refractivity contribution is 7.12. The van der Waals surface area contributed by atoms with Crippen molar-refractivity contribution in [2.75, 3.05) is 7.11 Å². The molecule has 0 amide bonds. The third-order valence-electron chi connectivity index (χ3n) is 1.91. The van der Waals surface area contributed by atoms with E-state index in [9.17, 15) is 19.8 Å². The van der Waals surface area contributed by atoms with Crippen LogP contribution < -0.4 is 0 Å². The molecule has 1 aromatic rings. The van der Waals surface area contributed by atoms with E-state index in [-0.39, 0.29) is 10.4 Å². The van der Waals surface area contributed by atoms with Gasteiger partial charge in [0.25, 0.3) is 0 Å². The van der Waals surface area contributed by atoms with E-state index in [1.807, 2.05) is 0 Å². The minimum absolute atomic E-state index is 0.0196. The summed E-state index contributed by atoms with van der Waals surface area (Å²) >= 11 is 0.900. The van der Waals surface area contributed by atoms with Gasteiger partial charge in [0, 0.05) is 0 Å². The number of aliphatic hydroxyl groups is 2. The second-order valence-corrected chi connectivity index (χ2v) is 3.87. The van der Waals surface area contributed by atoms with Crippen molar-refractivity contribution in [1.29, 1.82) is 0 Å². The molecule has 0 aliphatic rings. The van der Waals surface area contributed by atoms with E-state index >= 15 is 0 Å². The van der Waals surface area contributed by atoms with E-state index < -0.39 is 24.1 Å². The Balaban J connectivity index is 2.83. The summed E-state index contributed by atoms with van der Waals surface area (Å²) in [5.74, 6) is -2.11. The van der Waals surface area contributed by atoms with E-state index in [0.29, 0.717) is 0 Å². The molecule has 88 valence electrons. The molecule has 1 aromatic heterocycles. The molecule has 0 aliphatic carbocycles. The van der Waals surface area contributed by atoms with Crippen LogP contribution in [0.15, 0.2) is 11.4 Å². The summed E-state index contributed by atoms with van der Waals surface area (Å²) in [6.45, 7) is 0. The number of carbonyl (C=O) groups excluding carboxylic acids is 1. The lowest BCUT2D eigenvalue weighted by atomic mass is 10.1. The summed E-state index contributed by atoms with van der Waals surface area (Å²) in [6.07, 6.45) is -3.21. The third kappa shape index (κ3) is 2.57. The maximum atomic E-state index is 10.9. The smallest absolute Gasteiger partial charge is 0.345 e. The minimum atomic E-state index is -1.72. The van der Waals surface area contributed by atoms with Crippen molar-refractivity contribution in [3.8, 4) is 0 Å². The molecule has 2 atom stereocenters. The number of ether oxygens (including phenoxy) is 1. The molecule has 0 spiro atoms. The molecule has 16 heavy (non-hydrogen) atoms. The second kappa shape index (κ2) is 5.06. The van der Waals surface area contributed by atoms with Gasteiger partial charge in [-0.15, -0.1) is 11.3 Å². The Bertz CT molecular complexity index is 398. The van der Waals surface area contributed by atoms with Gasteiger partial charge < -0.3 is 20.1 Å². The first-order valence-electron chi connectivity index (χ1n) is 4.23. The van der Waals surface area contributed by atoms with Crippen LogP contribution >= 0.6 is 11.3 Å². The molecule has 0 fully saturated rings. The fourth-order valence-electron chi connectivity index (χ4n) is 1.05. The van der Waals surface area contributed by atoms with Gasteiger partial charge in [-0.25, -0.2) is 9.59 Å².